The van der Waals surface area contributed by atoms with Crippen LogP contribution in [0.2, 0.25) is 10.0 Å². The third-order valence-electron chi connectivity index (χ3n) is 3.46. The Labute approximate surface area is 151 Å². The van der Waals surface area contributed by atoms with Crippen LogP contribution >= 0.6 is 23.2 Å². The first-order valence-electron chi connectivity index (χ1n) is 7.46. The molecule has 1 N–H and O–H groups in total. The molecule has 0 aliphatic rings. The number of anilines is 2. The van der Waals surface area contributed by atoms with E-state index in [1.165, 1.54) is 6.92 Å². The quantitative estimate of drug-likeness (QED) is 0.836. The van der Waals surface area contributed by atoms with Gasteiger partial charge >= 0.3 is 0 Å². The molecule has 0 unspecified atom stereocenters. The summed E-state index contributed by atoms with van der Waals surface area (Å²) in [5.74, 6) is -0.310. The molecule has 0 aliphatic heterocycles. The van der Waals surface area contributed by atoms with Crippen LogP contribution in [0.4, 0.5) is 11.4 Å². The first-order valence-corrected chi connectivity index (χ1v) is 8.22. The number of nitrogens with one attached hydrogen (secondary N) is 1. The number of carbonyl (C=O) groups excluding carboxylic acids is 2. The Kier molecular flexibility index (Phi) is 6.23. The summed E-state index contributed by atoms with van der Waals surface area (Å²) in [6.07, 6.45) is 0.174. The molecule has 0 bridgehead atoms. The molecule has 0 aliphatic carbocycles. The van der Waals surface area contributed by atoms with Gasteiger partial charge in [0.1, 0.15) is 0 Å². The van der Waals surface area contributed by atoms with Gasteiger partial charge in [0.15, 0.2) is 0 Å². The van der Waals surface area contributed by atoms with Crippen molar-refractivity contribution >= 4 is 46.4 Å². The molecule has 0 spiro atoms. The molecule has 0 radical (unpaired) electrons. The Bertz CT molecular complexity index is 762. The van der Waals surface area contributed by atoms with Crippen molar-refractivity contribution in [2.75, 3.05) is 16.8 Å². The molecular weight excluding hydrogens is 347 g/mol. The fraction of sp³-hybridized carbons (Fsp3) is 0.222. The van der Waals surface area contributed by atoms with Crippen molar-refractivity contribution in [3.05, 3.63) is 58.1 Å². The van der Waals surface area contributed by atoms with Gasteiger partial charge in [-0.25, -0.2) is 0 Å². The number of hydrogen-bond acceptors (Lipinski definition) is 2. The minimum atomic E-state index is -0.202. The number of carbonyl (C=O) groups is 2. The largest absolute Gasteiger partial charge is 0.326 e. The topological polar surface area (TPSA) is 49.4 Å². The van der Waals surface area contributed by atoms with E-state index in [9.17, 15) is 9.59 Å². The van der Waals surface area contributed by atoms with Crippen LogP contribution in [-0.4, -0.2) is 18.4 Å². The summed E-state index contributed by atoms with van der Waals surface area (Å²) in [7, 11) is 0. The number of hydrogen-bond donors (Lipinski definition) is 1. The number of benzene rings is 2. The lowest BCUT2D eigenvalue weighted by Gasteiger charge is -2.21. The van der Waals surface area contributed by atoms with Gasteiger partial charge in [0.25, 0.3) is 0 Å². The lowest BCUT2D eigenvalue weighted by molar-refractivity contribution is -0.117. The van der Waals surface area contributed by atoms with Gasteiger partial charge in [-0.3, -0.25) is 9.59 Å². The van der Waals surface area contributed by atoms with E-state index in [1.54, 1.807) is 23.1 Å². The molecule has 0 atom stereocenters. The maximum absolute atomic E-state index is 12.1. The third-order valence-corrected chi connectivity index (χ3v) is 4.20. The SMILES string of the molecule is CC(=O)N(CCC(=O)Nc1ccc(Cl)c(Cl)c1)c1cccc(C)c1. The van der Waals surface area contributed by atoms with Crippen LogP contribution in [0.25, 0.3) is 0 Å². The van der Waals surface area contributed by atoms with Gasteiger partial charge in [-0.15, -0.1) is 0 Å². The van der Waals surface area contributed by atoms with Gasteiger partial charge in [0.05, 0.1) is 10.0 Å². The van der Waals surface area contributed by atoms with Crippen LogP contribution in [0.5, 0.6) is 0 Å². The molecule has 0 heterocycles. The smallest absolute Gasteiger partial charge is 0.226 e. The summed E-state index contributed by atoms with van der Waals surface area (Å²) in [4.78, 5) is 25.6. The van der Waals surface area contributed by atoms with E-state index in [-0.39, 0.29) is 18.2 Å². The van der Waals surface area contributed by atoms with Gasteiger partial charge in [-0.1, -0.05) is 35.3 Å². The highest BCUT2D eigenvalue weighted by Gasteiger charge is 2.14. The highest BCUT2D eigenvalue weighted by atomic mass is 35.5. The van der Waals surface area contributed by atoms with Crippen LogP contribution in [0.1, 0.15) is 18.9 Å². The second-order valence-corrected chi connectivity index (χ2v) is 6.25. The van der Waals surface area contributed by atoms with E-state index in [1.807, 2.05) is 31.2 Å². The molecule has 24 heavy (non-hydrogen) atoms. The first kappa shape index (κ1) is 18.3. The number of aryl methyl sites for hydroxylation is 1. The van der Waals surface area contributed by atoms with Crippen molar-refractivity contribution in [2.45, 2.75) is 20.3 Å². The molecule has 2 amide bonds. The fourth-order valence-electron chi connectivity index (χ4n) is 2.27. The zero-order valence-electron chi connectivity index (χ0n) is 13.5. The summed E-state index contributed by atoms with van der Waals surface area (Å²) in [6, 6.07) is 12.5. The molecule has 0 fully saturated rings. The summed E-state index contributed by atoms with van der Waals surface area (Å²) in [5, 5.41) is 3.55. The van der Waals surface area contributed by atoms with Crippen molar-refractivity contribution < 1.29 is 9.59 Å². The fourth-order valence-corrected chi connectivity index (χ4v) is 2.57. The highest BCUT2D eigenvalue weighted by Crippen LogP contribution is 2.25. The average Bonchev–Trinajstić information content (AvgIpc) is 2.51. The summed E-state index contributed by atoms with van der Waals surface area (Å²) >= 11 is 11.8. The lowest BCUT2D eigenvalue weighted by Crippen LogP contribution is -2.32. The minimum Gasteiger partial charge on any atom is -0.326 e. The number of nitrogens with zero attached hydrogens (tertiary/aromatic N) is 1. The highest BCUT2D eigenvalue weighted by molar-refractivity contribution is 6.42. The Morgan fingerprint density at radius 3 is 2.46 bits per heavy atom. The Hall–Kier alpha value is -2.04. The molecule has 2 aromatic rings. The molecule has 2 aromatic carbocycles. The van der Waals surface area contributed by atoms with Gasteiger partial charge < -0.3 is 10.2 Å². The molecule has 4 nitrogen and oxygen atoms in total. The monoisotopic (exact) mass is 364 g/mol. The van der Waals surface area contributed by atoms with Crippen molar-refractivity contribution in [2.24, 2.45) is 0 Å². The van der Waals surface area contributed by atoms with Crippen LogP contribution in [0.15, 0.2) is 42.5 Å². The van der Waals surface area contributed by atoms with E-state index in [4.69, 9.17) is 23.2 Å². The second kappa shape index (κ2) is 8.18. The maximum atomic E-state index is 12.1. The molecule has 0 saturated carbocycles. The van der Waals surface area contributed by atoms with Crippen LogP contribution in [-0.2, 0) is 9.59 Å². The predicted molar refractivity (Wildman–Crippen MR) is 98.9 cm³/mol. The molecule has 6 heteroatoms. The van der Waals surface area contributed by atoms with E-state index >= 15 is 0 Å². The summed E-state index contributed by atoms with van der Waals surface area (Å²) in [5.41, 5.74) is 2.41. The van der Waals surface area contributed by atoms with Gasteiger partial charge in [-0.2, -0.15) is 0 Å². The number of halogens is 2. The van der Waals surface area contributed by atoms with Crippen molar-refractivity contribution in [1.82, 2.24) is 0 Å². The standard InChI is InChI=1S/C18H18Cl2N2O2/c1-12-4-3-5-15(10-12)22(13(2)23)9-8-18(24)21-14-6-7-16(19)17(20)11-14/h3-7,10-11H,8-9H2,1-2H3,(H,21,24). The van der Waals surface area contributed by atoms with E-state index < -0.39 is 0 Å². The van der Waals surface area contributed by atoms with Crippen molar-refractivity contribution in [3.8, 4) is 0 Å². The van der Waals surface area contributed by atoms with Gasteiger partial charge in [0.2, 0.25) is 11.8 Å². The number of amides is 2. The summed E-state index contributed by atoms with van der Waals surface area (Å²) < 4.78 is 0. The van der Waals surface area contributed by atoms with Crippen molar-refractivity contribution in [1.29, 1.82) is 0 Å². The predicted octanol–water partition coefficient (Wildman–Crippen LogP) is 4.68. The zero-order valence-corrected chi connectivity index (χ0v) is 15.0. The number of rotatable bonds is 5. The Morgan fingerprint density at radius 1 is 1.08 bits per heavy atom. The van der Waals surface area contributed by atoms with Gasteiger partial charge in [-0.05, 0) is 42.8 Å². The molecule has 0 saturated heterocycles. The molecular formula is C18H18Cl2N2O2. The Balaban J connectivity index is 2.00. The first-order chi connectivity index (χ1) is 11.4. The van der Waals surface area contributed by atoms with Crippen LogP contribution in [0, 0.1) is 6.92 Å². The average molecular weight is 365 g/mol. The van der Waals surface area contributed by atoms with E-state index in [2.05, 4.69) is 5.32 Å². The third kappa shape index (κ3) is 4.98. The zero-order chi connectivity index (χ0) is 17.7. The van der Waals surface area contributed by atoms with Crippen LogP contribution in [0.3, 0.4) is 0 Å². The normalized spacial score (nSPS) is 10.3. The van der Waals surface area contributed by atoms with E-state index in [0.717, 1.165) is 11.3 Å². The van der Waals surface area contributed by atoms with E-state index in [0.29, 0.717) is 22.3 Å². The van der Waals surface area contributed by atoms with Gasteiger partial charge in [0, 0.05) is 31.3 Å². The van der Waals surface area contributed by atoms with Crippen molar-refractivity contribution in [3.63, 3.8) is 0 Å². The minimum absolute atomic E-state index is 0.108. The lowest BCUT2D eigenvalue weighted by atomic mass is 10.2. The summed E-state index contributed by atoms with van der Waals surface area (Å²) in [6.45, 7) is 3.74. The Morgan fingerprint density at radius 2 is 1.83 bits per heavy atom. The molecule has 126 valence electrons. The second-order valence-electron chi connectivity index (χ2n) is 5.44. The molecule has 2 rings (SSSR count). The molecule has 0 aromatic heterocycles. The van der Waals surface area contributed by atoms with Crippen LogP contribution < -0.4 is 10.2 Å². The maximum Gasteiger partial charge on any atom is 0.226 e.